The second kappa shape index (κ2) is 4.37. The Kier molecular flexibility index (Phi) is 2.92. The summed E-state index contributed by atoms with van der Waals surface area (Å²) in [6.07, 6.45) is 1.63. The highest BCUT2D eigenvalue weighted by Crippen LogP contribution is 2.27. The van der Waals surface area contributed by atoms with Gasteiger partial charge in [0.1, 0.15) is 5.76 Å². The molecule has 0 aliphatic rings. The van der Waals surface area contributed by atoms with Gasteiger partial charge in [-0.3, -0.25) is 4.79 Å². The van der Waals surface area contributed by atoms with Gasteiger partial charge in [0.15, 0.2) is 0 Å². The highest BCUT2D eigenvalue weighted by atomic mass is 32.1. The van der Waals surface area contributed by atoms with Gasteiger partial charge in [0.05, 0.1) is 12.7 Å². The fraction of sp³-hybridized carbons (Fsp3) is 0.0833. The number of hydrogen-bond donors (Lipinski definition) is 1. The minimum absolute atomic E-state index is 0.0436. The van der Waals surface area contributed by atoms with Crippen LogP contribution in [0, 0.1) is 0 Å². The maximum atomic E-state index is 10.5. The standard InChI is InChI=1S/C12H10O3S/c1-8(10-3-2-4-15-10)11-5-9(7-16-11)6-12(13)14/h2-5,7H,1,6H2,(H,13,14). The van der Waals surface area contributed by atoms with Gasteiger partial charge >= 0.3 is 5.97 Å². The van der Waals surface area contributed by atoms with Crippen LogP contribution in [-0.2, 0) is 11.2 Å². The van der Waals surface area contributed by atoms with Gasteiger partial charge in [0.2, 0.25) is 0 Å². The van der Waals surface area contributed by atoms with Crippen LogP contribution in [-0.4, -0.2) is 11.1 Å². The highest BCUT2D eigenvalue weighted by molar-refractivity contribution is 7.11. The van der Waals surface area contributed by atoms with Crippen molar-refractivity contribution in [3.63, 3.8) is 0 Å². The van der Waals surface area contributed by atoms with Crippen LogP contribution in [0.1, 0.15) is 16.2 Å². The van der Waals surface area contributed by atoms with Crippen molar-refractivity contribution >= 4 is 22.9 Å². The summed E-state index contributed by atoms with van der Waals surface area (Å²) in [7, 11) is 0. The topological polar surface area (TPSA) is 50.4 Å². The van der Waals surface area contributed by atoms with Gasteiger partial charge in [0, 0.05) is 10.5 Å². The molecular formula is C12H10O3S. The van der Waals surface area contributed by atoms with Crippen molar-refractivity contribution in [1.29, 1.82) is 0 Å². The van der Waals surface area contributed by atoms with E-state index in [4.69, 9.17) is 9.52 Å². The molecule has 0 spiro atoms. The molecule has 2 heterocycles. The molecule has 0 bridgehead atoms. The molecule has 0 atom stereocenters. The van der Waals surface area contributed by atoms with Crippen LogP contribution in [0.15, 0.2) is 40.8 Å². The Hall–Kier alpha value is -1.81. The zero-order chi connectivity index (χ0) is 11.5. The maximum Gasteiger partial charge on any atom is 0.307 e. The number of aliphatic carboxylic acids is 1. The van der Waals surface area contributed by atoms with Crippen molar-refractivity contribution in [2.75, 3.05) is 0 Å². The zero-order valence-corrected chi connectivity index (χ0v) is 9.29. The van der Waals surface area contributed by atoms with Gasteiger partial charge in [-0.05, 0) is 29.1 Å². The number of hydrogen-bond acceptors (Lipinski definition) is 3. The normalized spacial score (nSPS) is 10.2. The largest absolute Gasteiger partial charge is 0.481 e. The van der Waals surface area contributed by atoms with Gasteiger partial charge in [-0.25, -0.2) is 0 Å². The third kappa shape index (κ3) is 2.23. The molecule has 0 saturated heterocycles. The molecule has 0 aliphatic heterocycles. The molecule has 4 heteroatoms. The third-order valence-electron chi connectivity index (χ3n) is 2.13. The summed E-state index contributed by atoms with van der Waals surface area (Å²) >= 11 is 1.48. The van der Waals surface area contributed by atoms with Crippen LogP contribution in [0.4, 0.5) is 0 Å². The van der Waals surface area contributed by atoms with Gasteiger partial charge in [-0.15, -0.1) is 11.3 Å². The second-order valence-corrected chi connectivity index (χ2v) is 4.26. The van der Waals surface area contributed by atoms with Crippen LogP contribution >= 0.6 is 11.3 Å². The molecule has 0 saturated carbocycles. The first-order valence-corrected chi connectivity index (χ1v) is 5.57. The molecule has 16 heavy (non-hydrogen) atoms. The van der Waals surface area contributed by atoms with Crippen LogP contribution in [0.5, 0.6) is 0 Å². The molecule has 0 aliphatic carbocycles. The monoisotopic (exact) mass is 234 g/mol. The van der Waals surface area contributed by atoms with Crippen LogP contribution < -0.4 is 0 Å². The Labute approximate surface area is 96.6 Å². The quantitative estimate of drug-likeness (QED) is 0.884. The van der Waals surface area contributed by atoms with Crippen molar-refractivity contribution in [1.82, 2.24) is 0 Å². The summed E-state index contributed by atoms with van der Waals surface area (Å²) in [4.78, 5) is 11.5. The molecule has 0 unspecified atom stereocenters. The van der Waals surface area contributed by atoms with Gasteiger partial charge in [-0.1, -0.05) is 6.58 Å². The second-order valence-electron chi connectivity index (χ2n) is 3.35. The summed E-state index contributed by atoms with van der Waals surface area (Å²) < 4.78 is 5.23. The van der Waals surface area contributed by atoms with E-state index in [0.717, 1.165) is 16.0 Å². The van der Waals surface area contributed by atoms with E-state index in [1.54, 1.807) is 12.3 Å². The Morgan fingerprint density at radius 1 is 1.56 bits per heavy atom. The van der Waals surface area contributed by atoms with E-state index in [1.807, 2.05) is 17.5 Å². The zero-order valence-electron chi connectivity index (χ0n) is 8.47. The predicted molar refractivity (Wildman–Crippen MR) is 62.5 cm³/mol. The molecule has 0 amide bonds. The molecule has 0 fully saturated rings. The van der Waals surface area contributed by atoms with Crippen LogP contribution in [0.25, 0.3) is 5.57 Å². The fourth-order valence-electron chi connectivity index (χ4n) is 1.37. The molecule has 2 rings (SSSR count). The average Bonchev–Trinajstić information content (AvgIpc) is 2.84. The lowest BCUT2D eigenvalue weighted by Gasteiger charge is -1.96. The smallest absolute Gasteiger partial charge is 0.307 e. The minimum atomic E-state index is -0.826. The molecule has 3 nitrogen and oxygen atoms in total. The first-order chi connectivity index (χ1) is 7.66. The molecule has 2 aromatic heterocycles. The molecule has 82 valence electrons. The number of thiophene rings is 1. The van der Waals surface area contributed by atoms with Crippen molar-refractivity contribution in [3.8, 4) is 0 Å². The molecule has 1 N–H and O–H groups in total. The predicted octanol–water partition coefficient (Wildman–Crippen LogP) is 3.03. The summed E-state index contributed by atoms with van der Waals surface area (Å²) in [5.41, 5.74) is 1.58. The molecule has 2 aromatic rings. The molecular weight excluding hydrogens is 224 g/mol. The Morgan fingerprint density at radius 2 is 2.38 bits per heavy atom. The van der Waals surface area contributed by atoms with E-state index in [0.29, 0.717) is 5.76 Å². The average molecular weight is 234 g/mol. The summed E-state index contributed by atoms with van der Waals surface area (Å²) in [6, 6.07) is 5.47. The minimum Gasteiger partial charge on any atom is -0.481 e. The highest BCUT2D eigenvalue weighted by Gasteiger charge is 2.09. The number of carboxylic acids is 1. The third-order valence-corrected chi connectivity index (χ3v) is 3.16. The van der Waals surface area contributed by atoms with Crippen molar-refractivity contribution in [3.05, 3.63) is 52.6 Å². The van der Waals surface area contributed by atoms with E-state index >= 15 is 0 Å². The Balaban J connectivity index is 2.19. The summed E-state index contributed by atoms with van der Waals surface area (Å²) in [6.45, 7) is 3.93. The lowest BCUT2D eigenvalue weighted by atomic mass is 10.1. The number of carboxylic acid groups (broad SMARTS) is 1. The van der Waals surface area contributed by atoms with E-state index in [1.165, 1.54) is 11.3 Å². The lowest BCUT2D eigenvalue weighted by molar-refractivity contribution is -0.136. The van der Waals surface area contributed by atoms with Gasteiger partial charge < -0.3 is 9.52 Å². The number of furan rings is 1. The van der Waals surface area contributed by atoms with E-state index in [9.17, 15) is 4.79 Å². The SMILES string of the molecule is C=C(c1ccco1)c1cc(CC(=O)O)cs1. The lowest BCUT2D eigenvalue weighted by Crippen LogP contribution is -1.97. The van der Waals surface area contributed by atoms with Crippen molar-refractivity contribution < 1.29 is 14.3 Å². The number of carbonyl (C=O) groups is 1. The van der Waals surface area contributed by atoms with E-state index in [2.05, 4.69) is 6.58 Å². The van der Waals surface area contributed by atoms with Crippen molar-refractivity contribution in [2.24, 2.45) is 0 Å². The Morgan fingerprint density at radius 3 is 3.00 bits per heavy atom. The van der Waals surface area contributed by atoms with Crippen LogP contribution in [0.2, 0.25) is 0 Å². The molecule has 0 radical (unpaired) electrons. The first-order valence-electron chi connectivity index (χ1n) is 4.69. The maximum absolute atomic E-state index is 10.5. The van der Waals surface area contributed by atoms with Gasteiger partial charge in [-0.2, -0.15) is 0 Å². The summed E-state index contributed by atoms with van der Waals surface area (Å²) in [5.74, 6) is -0.114. The van der Waals surface area contributed by atoms with E-state index < -0.39 is 5.97 Å². The fourth-order valence-corrected chi connectivity index (χ4v) is 2.26. The molecule has 0 aromatic carbocycles. The van der Waals surface area contributed by atoms with E-state index in [-0.39, 0.29) is 6.42 Å². The van der Waals surface area contributed by atoms with Crippen molar-refractivity contribution in [2.45, 2.75) is 6.42 Å². The summed E-state index contributed by atoms with van der Waals surface area (Å²) in [5, 5.41) is 10.5. The number of rotatable bonds is 4. The van der Waals surface area contributed by atoms with Gasteiger partial charge in [0.25, 0.3) is 0 Å². The van der Waals surface area contributed by atoms with Crippen LogP contribution in [0.3, 0.4) is 0 Å². The Bertz CT molecular complexity index is 508. The first kappa shape index (κ1) is 10.7.